The zero-order valence-electron chi connectivity index (χ0n) is 13.8. The standard InChI is InChI=1S/C18H24ClNO3/c1-22-16-10-14(9-15(19)17(16)23-2)18(21)20-8-7-12-5-3-4-6-13(12)11-20/h9-10,12-13H,3-8,11H2,1-2H3/t12-,13+/m0/s1. The van der Waals surface area contributed by atoms with Gasteiger partial charge in [0.1, 0.15) is 0 Å². The normalized spacial score (nSPS) is 24.0. The van der Waals surface area contributed by atoms with E-state index in [1.165, 1.54) is 25.7 Å². The Morgan fingerprint density at radius 1 is 1.13 bits per heavy atom. The van der Waals surface area contributed by atoms with Crippen LogP contribution >= 0.6 is 11.6 Å². The fourth-order valence-electron chi connectivity index (χ4n) is 4.01. The van der Waals surface area contributed by atoms with Crippen LogP contribution in [0, 0.1) is 11.8 Å². The Morgan fingerprint density at radius 2 is 1.87 bits per heavy atom. The van der Waals surface area contributed by atoms with Crippen molar-refractivity contribution in [1.29, 1.82) is 0 Å². The quantitative estimate of drug-likeness (QED) is 0.836. The first kappa shape index (κ1) is 16.4. The zero-order chi connectivity index (χ0) is 16.4. The molecule has 1 aromatic carbocycles. The zero-order valence-corrected chi connectivity index (χ0v) is 14.6. The summed E-state index contributed by atoms with van der Waals surface area (Å²) in [6.07, 6.45) is 6.35. The number of nitrogens with zero attached hydrogens (tertiary/aromatic N) is 1. The van der Waals surface area contributed by atoms with Crippen LogP contribution in [-0.4, -0.2) is 38.1 Å². The fraction of sp³-hybridized carbons (Fsp3) is 0.611. The minimum Gasteiger partial charge on any atom is -0.493 e. The number of halogens is 1. The molecule has 1 saturated heterocycles. The highest BCUT2D eigenvalue weighted by atomic mass is 35.5. The van der Waals surface area contributed by atoms with E-state index in [2.05, 4.69) is 0 Å². The third kappa shape index (κ3) is 3.27. The van der Waals surface area contributed by atoms with Gasteiger partial charge in [-0.25, -0.2) is 0 Å². The van der Waals surface area contributed by atoms with E-state index in [0.29, 0.717) is 28.0 Å². The predicted octanol–water partition coefficient (Wildman–Crippen LogP) is 4.01. The van der Waals surface area contributed by atoms with Gasteiger partial charge in [0.15, 0.2) is 11.5 Å². The maximum atomic E-state index is 12.9. The monoisotopic (exact) mass is 337 g/mol. The second kappa shape index (κ2) is 7.00. The average molecular weight is 338 g/mol. The van der Waals surface area contributed by atoms with Crippen molar-refractivity contribution in [3.05, 3.63) is 22.7 Å². The van der Waals surface area contributed by atoms with Gasteiger partial charge in [0, 0.05) is 18.7 Å². The van der Waals surface area contributed by atoms with E-state index >= 15 is 0 Å². The number of carbonyl (C=O) groups is 1. The Hall–Kier alpha value is -1.42. The lowest BCUT2D eigenvalue weighted by molar-refractivity contribution is 0.0520. The molecular formula is C18H24ClNO3. The van der Waals surface area contributed by atoms with Gasteiger partial charge in [-0.3, -0.25) is 4.79 Å². The topological polar surface area (TPSA) is 38.8 Å². The summed E-state index contributed by atoms with van der Waals surface area (Å²) in [6.45, 7) is 1.71. The number of amides is 1. The molecule has 1 saturated carbocycles. The molecular weight excluding hydrogens is 314 g/mol. The Balaban J connectivity index is 1.79. The smallest absolute Gasteiger partial charge is 0.254 e. The van der Waals surface area contributed by atoms with Crippen LogP contribution in [0.3, 0.4) is 0 Å². The molecule has 1 aliphatic heterocycles. The molecule has 2 fully saturated rings. The second-order valence-electron chi connectivity index (χ2n) is 6.54. The fourth-order valence-corrected chi connectivity index (χ4v) is 4.30. The van der Waals surface area contributed by atoms with Crippen molar-refractivity contribution in [2.24, 2.45) is 11.8 Å². The number of carbonyl (C=O) groups excluding carboxylic acids is 1. The third-order valence-electron chi connectivity index (χ3n) is 5.26. The van der Waals surface area contributed by atoms with Crippen LogP contribution in [0.2, 0.25) is 5.02 Å². The first-order chi connectivity index (χ1) is 11.1. The summed E-state index contributed by atoms with van der Waals surface area (Å²) in [5, 5.41) is 0.405. The minimum atomic E-state index is 0.0388. The molecule has 0 spiro atoms. The molecule has 0 N–H and O–H groups in total. The van der Waals surface area contributed by atoms with Gasteiger partial charge >= 0.3 is 0 Å². The Kier molecular flexibility index (Phi) is 5.00. The summed E-state index contributed by atoms with van der Waals surface area (Å²) in [5.74, 6) is 2.48. The highest BCUT2D eigenvalue weighted by Gasteiger charge is 2.33. The van der Waals surface area contributed by atoms with Crippen molar-refractivity contribution in [1.82, 2.24) is 4.90 Å². The van der Waals surface area contributed by atoms with E-state index in [-0.39, 0.29) is 5.91 Å². The number of hydrogen-bond donors (Lipinski definition) is 0. The van der Waals surface area contributed by atoms with Gasteiger partial charge in [0.25, 0.3) is 5.91 Å². The van der Waals surface area contributed by atoms with E-state index in [4.69, 9.17) is 21.1 Å². The molecule has 2 aliphatic rings. The number of ether oxygens (including phenoxy) is 2. The number of hydrogen-bond acceptors (Lipinski definition) is 3. The van der Waals surface area contributed by atoms with Gasteiger partial charge in [-0.1, -0.05) is 30.9 Å². The number of piperidine rings is 1. The summed E-state index contributed by atoms with van der Waals surface area (Å²) < 4.78 is 10.5. The van der Waals surface area contributed by atoms with Crippen LogP contribution in [0.15, 0.2) is 12.1 Å². The largest absolute Gasteiger partial charge is 0.493 e. The number of rotatable bonds is 3. The highest BCUT2D eigenvalue weighted by Crippen LogP contribution is 2.38. The van der Waals surface area contributed by atoms with Gasteiger partial charge in [0.2, 0.25) is 0 Å². The average Bonchev–Trinajstić information content (AvgIpc) is 2.59. The first-order valence-corrected chi connectivity index (χ1v) is 8.72. The van der Waals surface area contributed by atoms with Crippen LogP contribution in [0.1, 0.15) is 42.5 Å². The van der Waals surface area contributed by atoms with Crippen LogP contribution in [0.25, 0.3) is 0 Å². The molecule has 0 unspecified atom stereocenters. The lowest BCUT2D eigenvalue weighted by Crippen LogP contribution is -2.44. The van der Waals surface area contributed by atoms with Gasteiger partial charge in [0.05, 0.1) is 19.2 Å². The summed E-state index contributed by atoms with van der Waals surface area (Å²) in [4.78, 5) is 14.8. The van der Waals surface area contributed by atoms with Crippen molar-refractivity contribution in [3.8, 4) is 11.5 Å². The Bertz CT molecular complexity index is 590. The molecule has 1 amide bonds. The Morgan fingerprint density at radius 3 is 2.57 bits per heavy atom. The molecule has 0 radical (unpaired) electrons. The molecule has 2 atom stereocenters. The summed E-state index contributed by atoms with van der Waals surface area (Å²) >= 11 is 6.23. The number of methoxy groups -OCH3 is 2. The van der Waals surface area contributed by atoms with Gasteiger partial charge in [-0.15, -0.1) is 0 Å². The minimum absolute atomic E-state index is 0.0388. The maximum Gasteiger partial charge on any atom is 0.254 e. The highest BCUT2D eigenvalue weighted by molar-refractivity contribution is 6.32. The van der Waals surface area contributed by atoms with Crippen molar-refractivity contribution in [2.75, 3.05) is 27.3 Å². The third-order valence-corrected chi connectivity index (χ3v) is 5.54. The molecule has 3 rings (SSSR count). The van der Waals surface area contributed by atoms with E-state index in [1.54, 1.807) is 26.4 Å². The van der Waals surface area contributed by atoms with Crippen LogP contribution in [-0.2, 0) is 0 Å². The van der Waals surface area contributed by atoms with E-state index in [0.717, 1.165) is 25.4 Å². The van der Waals surface area contributed by atoms with Crippen LogP contribution in [0.5, 0.6) is 11.5 Å². The molecule has 23 heavy (non-hydrogen) atoms. The van der Waals surface area contributed by atoms with Crippen LogP contribution in [0.4, 0.5) is 0 Å². The van der Waals surface area contributed by atoms with Gasteiger partial charge in [-0.05, 0) is 36.8 Å². The van der Waals surface area contributed by atoms with E-state index in [9.17, 15) is 4.79 Å². The molecule has 1 aliphatic carbocycles. The van der Waals surface area contributed by atoms with Crippen molar-refractivity contribution in [3.63, 3.8) is 0 Å². The maximum absolute atomic E-state index is 12.9. The summed E-state index contributed by atoms with van der Waals surface area (Å²) in [6, 6.07) is 3.40. The molecule has 0 bridgehead atoms. The second-order valence-corrected chi connectivity index (χ2v) is 6.95. The lowest BCUT2D eigenvalue weighted by atomic mass is 9.75. The van der Waals surface area contributed by atoms with Crippen molar-refractivity contribution < 1.29 is 14.3 Å². The first-order valence-electron chi connectivity index (χ1n) is 8.34. The molecule has 126 valence electrons. The number of likely N-dealkylation sites (tertiary alicyclic amines) is 1. The summed E-state index contributed by atoms with van der Waals surface area (Å²) in [7, 11) is 3.09. The van der Waals surface area contributed by atoms with Gasteiger partial charge in [-0.2, -0.15) is 0 Å². The molecule has 1 aromatic rings. The molecule has 1 heterocycles. The summed E-state index contributed by atoms with van der Waals surface area (Å²) in [5.41, 5.74) is 0.571. The SMILES string of the molecule is COc1cc(C(=O)N2CC[C@@H]3CCCC[C@@H]3C2)cc(Cl)c1OC. The predicted molar refractivity (Wildman–Crippen MR) is 90.5 cm³/mol. The van der Waals surface area contributed by atoms with Crippen molar-refractivity contribution >= 4 is 17.5 Å². The molecule has 0 aromatic heterocycles. The van der Waals surface area contributed by atoms with E-state index < -0.39 is 0 Å². The van der Waals surface area contributed by atoms with Crippen LogP contribution < -0.4 is 9.47 Å². The molecule has 4 nitrogen and oxygen atoms in total. The number of benzene rings is 1. The van der Waals surface area contributed by atoms with Gasteiger partial charge < -0.3 is 14.4 Å². The van der Waals surface area contributed by atoms with E-state index in [1.807, 2.05) is 4.90 Å². The van der Waals surface area contributed by atoms with Crippen molar-refractivity contribution in [2.45, 2.75) is 32.1 Å². The number of fused-ring (bicyclic) bond motifs is 1. The lowest BCUT2D eigenvalue weighted by Gasteiger charge is -2.41. The Labute approximate surface area is 142 Å². The molecule has 5 heteroatoms.